The molecule has 4 heterocycles. The van der Waals surface area contributed by atoms with E-state index in [2.05, 4.69) is 30.5 Å². The average Bonchev–Trinajstić information content (AvgIpc) is 3.18. The van der Waals surface area contributed by atoms with Crippen LogP contribution in [0, 0.1) is 6.92 Å². The van der Waals surface area contributed by atoms with Gasteiger partial charge in [-0.15, -0.1) is 11.3 Å². The van der Waals surface area contributed by atoms with Crippen molar-refractivity contribution in [2.45, 2.75) is 6.92 Å². The molecule has 0 fully saturated rings. The summed E-state index contributed by atoms with van der Waals surface area (Å²) in [6.45, 7) is 2.02. The summed E-state index contributed by atoms with van der Waals surface area (Å²) in [5, 5.41) is 10.8. The van der Waals surface area contributed by atoms with Gasteiger partial charge < -0.3 is 5.32 Å². The van der Waals surface area contributed by atoms with Gasteiger partial charge in [0, 0.05) is 35.2 Å². The molecule has 8 heteroatoms. The van der Waals surface area contributed by atoms with E-state index >= 15 is 0 Å². The number of rotatable bonds is 3. The van der Waals surface area contributed by atoms with E-state index in [9.17, 15) is 0 Å². The summed E-state index contributed by atoms with van der Waals surface area (Å²) in [5.74, 6) is 0.682. The van der Waals surface area contributed by atoms with Crippen LogP contribution in [-0.2, 0) is 0 Å². The first-order chi connectivity index (χ1) is 10.3. The molecular weight excluding hydrogens is 286 g/mol. The van der Waals surface area contributed by atoms with E-state index in [0.29, 0.717) is 5.82 Å². The predicted octanol–water partition coefficient (Wildman–Crippen LogP) is 2.63. The molecule has 4 aromatic rings. The highest BCUT2D eigenvalue weighted by Gasteiger charge is 2.11. The van der Waals surface area contributed by atoms with Gasteiger partial charge in [0.15, 0.2) is 16.6 Å². The molecule has 0 aliphatic heterocycles. The topological polar surface area (TPSA) is 83.8 Å². The number of nitrogens with zero attached hydrogens (tertiary/aromatic N) is 5. The van der Waals surface area contributed by atoms with Crippen LogP contribution < -0.4 is 5.32 Å². The van der Waals surface area contributed by atoms with Crippen LogP contribution in [0.3, 0.4) is 0 Å². The van der Waals surface area contributed by atoms with Crippen LogP contribution in [0.4, 0.5) is 10.9 Å². The normalized spacial score (nSPS) is 11.1. The Labute approximate surface area is 123 Å². The second kappa shape index (κ2) is 4.67. The summed E-state index contributed by atoms with van der Waals surface area (Å²) in [4.78, 5) is 14.2. The zero-order valence-electron chi connectivity index (χ0n) is 11.1. The van der Waals surface area contributed by atoms with Crippen molar-refractivity contribution in [1.82, 2.24) is 29.5 Å². The number of hydrogen-bond acceptors (Lipinski definition) is 6. The third-order valence-electron chi connectivity index (χ3n) is 3.07. The van der Waals surface area contributed by atoms with Crippen molar-refractivity contribution in [2.75, 3.05) is 5.32 Å². The highest BCUT2D eigenvalue weighted by atomic mass is 32.1. The number of H-pyrrole nitrogens is 1. The van der Waals surface area contributed by atoms with Crippen molar-refractivity contribution >= 4 is 27.9 Å². The molecule has 0 atom stereocenters. The number of aryl methyl sites for hydroxylation is 1. The maximum atomic E-state index is 4.45. The molecule has 0 amide bonds. The lowest BCUT2D eigenvalue weighted by Crippen LogP contribution is -1.97. The number of nitrogens with one attached hydrogen (secondary N) is 2. The Morgan fingerprint density at radius 1 is 1.19 bits per heavy atom. The zero-order chi connectivity index (χ0) is 14.2. The monoisotopic (exact) mass is 297 g/mol. The van der Waals surface area contributed by atoms with Crippen LogP contribution in [0.2, 0.25) is 0 Å². The Balaban J connectivity index is 1.80. The summed E-state index contributed by atoms with van der Waals surface area (Å²) in [6, 6.07) is 0. The minimum Gasteiger partial charge on any atom is -0.313 e. The molecule has 0 saturated heterocycles. The Kier molecular flexibility index (Phi) is 2.68. The third-order valence-corrected chi connectivity index (χ3v) is 3.90. The molecule has 0 saturated carbocycles. The molecule has 0 aliphatic rings. The zero-order valence-corrected chi connectivity index (χ0v) is 11.9. The molecule has 7 nitrogen and oxygen atoms in total. The molecular formula is C13H11N7S. The fraction of sp³-hybridized carbons (Fsp3) is 0.0769. The maximum Gasteiger partial charge on any atom is 0.188 e. The van der Waals surface area contributed by atoms with Crippen molar-refractivity contribution in [3.63, 3.8) is 0 Å². The largest absolute Gasteiger partial charge is 0.313 e. The minimum atomic E-state index is 0.682. The Morgan fingerprint density at radius 3 is 2.90 bits per heavy atom. The summed E-state index contributed by atoms with van der Waals surface area (Å²) >= 11 is 1.58. The van der Waals surface area contributed by atoms with Gasteiger partial charge >= 0.3 is 0 Å². The number of fused-ring (bicyclic) bond motifs is 1. The second-order valence-corrected chi connectivity index (χ2v) is 5.74. The van der Waals surface area contributed by atoms with Crippen molar-refractivity contribution < 1.29 is 0 Å². The van der Waals surface area contributed by atoms with Gasteiger partial charge in [0.05, 0.1) is 18.1 Å². The number of hydrogen-bond donors (Lipinski definition) is 2. The van der Waals surface area contributed by atoms with Gasteiger partial charge in [-0.05, 0) is 6.92 Å². The van der Waals surface area contributed by atoms with E-state index in [1.54, 1.807) is 29.9 Å². The summed E-state index contributed by atoms with van der Waals surface area (Å²) < 4.78 is 1.97. The molecule has 21 heavy (non-hydrogen) atoms. The van der Waals surface area contributed by atoms with Crippen molar-refractivity contribution in [1.29, 1.82) is 0 Å². The molecule has 0 radical (unpaired) electrons. The van der Waals surface area contributed by atoms with Crippen molar-refractivity contribution in [3.05, 3.63) is 42.1 Å². The van der Waals surface area contributed by atoms with Gasteiger partial charge in [-0.2, -0.15) is 5.10 Å². The molecule has 0 aromatic carbocycles. The lowest BCUT2D eigenvalue weighted by molar-refractivity contribution is 1.09. The molecule has 0 spiro atoms. The molecule has 0 unspecified atom stereocenters. The van der Waals surface area contributed by atoms with Crippen LogP contribution >= 0.6 is 11.3 Å². The van der Waals surface area contributed by atoms with Crippen molar-refractivity contribution in [3.8, 4) is 11.3 Å². The van der Waals surface area contributed by atoms with Gasteiger partial charge in [0.25, 0.3) is 0 Å². The molecule has 2 N–H and O–H groups in total. The SMILES string of the molecule is Cc1cnc(Nc2nccn3c(-c4cn[nH]c4)cnc23)s1. The fourth-order valence-electron chi connectivity index (χ4n) is 2.13. The minimum absolute atomic E-state index is 0.682. The third kappa shape index (κ3) is 2.05. The fourth-order valence-corrected chi connectivity index (χ4v) is 2.79. The molecule has 0 aliphatic carbocycles. The average molecular weight is 297 g/mol. The highest BCUT2D eigenvalue weighted by molar-refractivity contribution is 7.15. The quantitative estimate of drug-likeness (QED) is 0.607. The number of thiazole rings is 1. The molecule has 4 rings (SSSR count). The summed E-state index contributed by atoms with van der Waals surface area (Å²) in [7, 11) is 0. The van der Waals surface area contributed by atoms with Crippen LogP contribution in [0.5, 0.6) is 0 Å². The number of aromatic amines is 1. The Morgan fingerprint density at radius 2 is 2.14 bits per heavy atom. The molecule has 4 aromatic heterocycles. The molecule has 0 bridgehead atoms. The van der Waals surface area contributed by atoms with Gasteiger partial charge in [-0.25, -0.2) is 15.0 Å². The first-order valence-corrected chi connectivity index (χ1v) is 7.13. The lowest BCUT2D eigenvalue weighted by atomic mass is 10.3. The first kappa shape index (κ1) is 12.0. The smallest absolute Gasteiger partial charge is 0.188 e. The van der Waals surface area contributed by atoms with Crippen molar-refractivity contribution in [2.24, 2.45) is 0 Å². The summed E-state index contributed by atoms with van der Waals surface area (Å²) in [6.07, 6.45) is 10.8. The van der Waals surface area contributed by atoms with Crippen LogP contribution in [0.25, 0.3) is 16.9 Å². The Hall–Kier alpha value is -2.74. The standard InChI is InChI=1S/C13H11N7S/c1-8-4-16-13(21-8)19-11-12-15-7-10(9-5-17-18-6-9)20(12)3-2-14-11/h2-7H,1H3,(H,17,18)(H,14,16,19). The summed E-state index contributed by atoms with van der Waals surface area (Å²) in [5.41, 5.74) is 2.69. The van der Waals surface area contributed by atoms with Crippen LogP contribution in [-0.4, -0.2) is 29.5 Å². The van der Waals surface area contributed by atoms with Gasteiger partial charge in [0.1, 0.15) is 0 Å². The van der Waals surface area contributed by atoms with E-state index < -0.39 is 0 Å². The van der Waals surface area contributed by atoms with E-state index in [4.69, 9.17) is 0 Å². The van der Waals surface area contributed by atoms with Gasteiger partial charge in [-0.3, -0.25) is 9.50 Å². The second-order valence-electron chi connectivity index (χ2n) is 4.50. The number of aromatic nitrogens is 6. The number of imidazole rings is 1. The van der Waals surface area contributed by atoms with Gasteiger partial charge in [-0.1, -0.05) is 0 Å². The van der Waals surface area contributed by atoms with Crippen LogP contribution in [0.1, 0.15) is 4.88 Å². The highest BCUT2D eigenvalue weighted by Crippen LogP contribution is 2.26. The lowest BCUT2D eigenvalue weighted by Gasteiger charge is -2.04. The first-order valence-electron chi connectivity index (χ1n) is 6.32. The molecule has 104 valence electrons. The van der Waals surface area contributed by atoms with Crippen LogP contribution in [0.15, 0.2) is 37.2 Å². The van der Waals surface area contributed by atoms with E-state index in [-0.39, 0.29) is 0 Å². The number of anilines is 2. The Bertz CT molecular complexity index is 890. The maximum absolute atomic E-state index is 4.45. The predicted molar refractivity (Wildman–Crippen MR) is 80.7 cm³/mol. The van der Waals surface area contributed by atoms with E-state index in [1.807, 2.05) is 29.9 Å². The van der Waals surface area contributed by atoms with Gasteiger partial charge in [0.2, 0.25) is 0 Å². The van der Waals surface area contributed by atoms with E-state index in [1.165, 1.54) is 0 Å². The van der Waals surface area contributed by atoms with E-state index in [0.717, 1.165) is 26.9 Å².